The number of methoxy groups -OCH3 is 1. The van der Waals surface area contributed by atoms with E-state index in [9.17, 15) is 15.3 Å². The van der Waals surface area contributed by atoms with Gasteiger partial charge >= 0.3 is 0 Å². The number of ether oxygens (including phenoxy) is 2. The maximum absolute atomic E-state index is 10.4. The minimum atomic E-state index is -1.07. The van der Waals surface area contributed by atoms with Gasteiger partial charge in [0.25, 0.3) is 5.89 Å². The van der Waals surface area contributed by atoms with Crippen molar-refractivity contribution in [2.45, 2.75) is 37.8 Å². The van der Waals surface area contributed by atoms with Crippen LogP contribution in [0.15, 0.2) is 46.9 Å². The molecule has 0 aliphatic carbocycles. The van der Waals surface area contributed by atoms with Gasteiger partial charge in [0, 0.05) is 13.3 Å². The first-order chi connectivity index (χ1) is 14.5. The van der Waals surface area contributed by atoms with Crippen molar-refractivity contribution in [1.29, 1.82) is 0 Å². The summed E-state index contributed by atoms with van der Waals surface area (Å²) in [5.41, 5.74) is 3.18. The van der Waals surface area contributed by atoms with Crippen LogP contribution in [0, 0.1) is 6.92 Å². The van der Waals surface area contributed by atoms with Crippen molar-refractivity contribution in [2.24, 2.45) is 0 Å². The Morgan fingerprint density at radius 1 is 1.10 bits per heavy atom. The average Bonchev–Trinajstić information content (AvgIpc) is 3.21. The van der Waals surface area contributed by atoms with Crippen LogP contribution < -0.4 is 4.74 Å². The fourth-order valence-corrected chi connectivity index (χ4v) is 3.70. The van der Waals surface area contributed by atoms with Crippen molar-refractivity contribution in [1.82, 2.24) is 10.2 Å². The Labute approximate surface area is 173 Å². The molecule has 4 atom stereocenters. The van der Waals surface area contributed by atoms with Crippen molar-refractivity contribution >= 4 is 0 Å². The SMILES string of the molecule is COc1cc(-c2cccc([C@H]3O[C@H](CO)C[C@H](O)[C@@H]3O)c2)ccc1-c1nnc(C)o1. The second kappa shape index (κ2) is 8.53. The largest absolute Gasteiger partial charge is 0.496 e. The molecule has 2 aromatic carbocycles. The van der Waals surface area contributed by atoms with Crippen LogP contribution in [0.3, 0.4) is 0 Å². The number of hydrogen-bond donors (Lipinski definition) is 3. The lowest BCUT2D eigenvalue weighted by molar-refractivity contribution is -0.179. The molecule has 1 aliphatic rings. The Morgan fingerprint density at radius 2 is 1.90 bits per heavy atom. The number of aryl methyl sites for hydroxylation is 1. The molecule has 1 aromatic heterocycles. The summed E-state index contributed by atoms with van der Waals surface area (Å²) in [4.78, 5) is 0. The van der Waals surface area contributed by atoms with Crippen molar-refractivity contribution in [3.8, 4) is 28.3 Å². The third-order valence-electron chi connectivity index (χ3n) is 5.26. The molecule has 0 bridgehead atoms. The molecule has 0 radical (unpaired) electrons. The zero-order chi connectivity index (χ0) is 21.3. The normalized spacial score (nSPS) is 24.0. The topological polar surface area (TPSA) is 118 Å². The average molecular weight is 412 g/mol. The Kier molecular flexibility index (Phi) is 5.83. The lowest BCUT2D eigenvalue weighted by Crippen LogP contribution is -2.44. The molecule has 0 unspecified atom stereocenters. The molecule has 4 rings (SSSR count). The van der Waals surface area contributed by atoms with Crippen molar-refractivity contribution in [3.05, 3.63) is 53.9 Å². The summed E-state index contributed by atoms with van der Waals surface area (Å²) >= 11 is 0. The van der Waals surface area contributed by atoms with Crippen LogP contribution in [0.2, 0.25) is 0 Å². The molecule has 0 amide bonds. The molecular weight excluding hydrogens is 388 g/mol. The van der Waals surface area contributed by atoms with Crippen LogP contribution in [0.4, 0.5) is 0 Å². The minimum Gasteiger partial charge on any atom is -0.496 e. The number of nitrogens with zero attached hydrogens (tertiary/aromatic N) is 2. The maximum atomic E-state index is 10.4. The molecule has 3 aromatic rings. The van der Waals surface area contributed by atoms with E-state index in [1.807, 2.05) is 42.5 Å². The van der Waals surface area contributed by atoms with Crippen molar-refractivity contribution in [2.75, 3.05) is 13.7 Å². The minimum absolute atomic E-state index is 0.196. The number of aliphatic hydroxyl groups is 3. The van der Waals surface area contributed by atoms with Gasteiger partial charge in [-0.2, -0.15) is 0 Å². The highest BCUT2D eigenvalue weighted by Gasteiger charge is 2.37. The van der Waals surface area contributed by atoms with Gasteiger partial charge in [-0.1, -0.05) is 24.3 Å². The quantitative estimate of drug-likeness (QED) is 0.584. The van der Waals surface area contributed by atoms with Gasteiger partial charge in [-0.15, -0.1) is 10.2 Å². The summed E-state index contributed by atoms with van der Waals surface area (Å²) < 4.78 is 16.8. The molecule has 158 valence electrons. The predicted molar refractivity (Wildman–Crippen MR) is 108 cm³/mol. The Bertz CT molecular complexity index is 1020. The van der Waals surface area contributed by atoms with E-state index in [-0.39, 0.29) is 13.0 Å². The lowest BCUT2D eigenvalue weighted by atomic mass is 9.91. The van der Waals surface area contributed by atoms with Gasteiger partial charge in [0.05, 0.1) is 31.5 Å². The second-order valence-corrected chi connectivity index (χ2v) is 7.32. The van der Waals surface area contributed by atoms with Crippen molar-refractivity contribution in [3.63, 3.8) is 0 Å². The third kappa shape index (κ3) is 3.95. The number of rotatable bonds is 5. The number of aromatic nitrogens is 2. The summed E-state index contributed by atoms with van der Waals surface area (Å²) in [6, 6.07) is 13.2. The highest BCUT2D eigenvalue weighted by atomic mass is 16.5. The van der Waals surface area contributed by atoms with Gasteiger partial charge in [0.2, 0.25) is 5.89 Å². The molecule has 8 nitrogen and oxygen atoms in total. The van der Waals surface area contributed by atoms with Gasteiger partial charge in [0.1, 0.15) is 18.0 Å². The zero-order valence-electron chi connectivity index (χ0n) is 16.7. The third-order valence-corrected chi connectivity index (χ3v) is 5.26. The van der Waals surface area contributed by atoms with Crippen LogP contribution in [0.5, 0.6) is 5.75 Å². The number of aliphatic hydroxyl groups excluding tert-OH is 3. The molecule has 30 heavy (non-hydrogen) atoms. The van der Waals surface area contributed by atoms with E-state index < -0.39 is 24.4 Å². The first-order valence-corrected chi connectivity index (χ1v) is 9.71. The van der Waals surface area contributed by atoms with Gasteiger partial charge in [0.15, 0.2) is 0 Å². The van der Waals surface area contributed by atoms with Crippen LogP contribution >= 0.6 is 0 Å². The summed E-state index contributed by atoms with van der Waals surface area (Å²) in [6.07, 6.45) is -3.08. The Hall–Kier alpha value is -2.78. The Morgan fingerprint density at radius 3 is 2.60 bits per heavy atom. The van der Waals surface area contributed by atoms with E-state index in [1.54, 1.807) is 14.0 Å². The van der Waals surface area contributed by atoms with Crippen LogP contribution in [-0.4, -0.2) is 57.5 Å². The summed E-state index contributed by atoms with van der Waals surface area (Å²) in [7, 11) is 1.57. The van der Waals surface area contributed by atoms with Gasteiger partial charge in [-0.3, -0.25) is 0 Å². The van der Waals surface area contributed by atoms with E-state index in [0.717, 1.165) is 11.1 Å². The van der Waals surface area contributed by atoms with Gasteiger partial charge in [-0.05, 0) is 34.9 Å². The van der Waals surface area contributed by atoms with Crippen LogP contribution in [0.1, 0.15) is 24.0 Å². The van der Waals surface area contributed by atoms with E-state index in [2.05, 4.69) is 10.2 Å². The molecule has 2 heterocycles. The molecule has 3 N–H and O–H groups in total. The molecule has 1 fully saturated rings. The second-order valence-electron chi connectivity index (χ2n) is 7.32. The van der Waals surface area contributed by atoms with E-state index >= 15 is 0 Å². The fourth-order valence-electron chi connectivity index (χ4n) is 3.70. The summed E-state index contributed by atoms with van der Waals surface area (Å²) in [5.74, 6) is 1.44. The lowest BCUT2D eigenvalue weighted by Gasteiger charge is -2.37. The summed E-state index contributed by atoms with van der Waals surface area (Å²) in [5, 5.41) is 37.9. The van der Waals surface area contributed by atoms with Crippen LogP contribution in [-0.2, 0) is 4.74 Å². The maximum Gasteiger partial charge on any atom is 0.251 e. The monoisotopic (exact) mass is 412 g/mol. The number of hydrogen-bond acceptors (Lipinski definition) is 8. The Balaban J connectivity index is 1.67. The molecule has 1 aliphatic heterocycles. The molecule has 0 spiro atoms. The molecule has 8 heteroatoms. The standard InChI is InChI=1S/C22H24N2O6/c1-12-23-24-22(29-12)17-7-6-14(9-19(17)28-2)13-4-3-5-15(8-13)21-20(27)18(26)10-16(11-25)30-21/h3-9,16,18,20-21,25-27H,10-11H2,1-2H3/t16-,18-,20-,21+/m0/s1. The van der Waals surface area contributed by atoms with E-state index in [1.165, 1.54) is 0 Å². The smallest absolute Gasteiger partial charge is 0.251 e. The zero-order valence-corrected chi connectivity index (χ0v) is 16.7. The first kappa shape index (κ1) is 20.5. The van der Waals surface area contributed by atoms with Crippen molar-refractivity contribution < 1.29 is 29.2 Å². The van der Waals surface area contributed by atoms with E-state index in [0.29, 0.717) is 28.7 Å². The predicted octanol–water partition coefficient (Wildman–Crippen LogP) is 2.26. The molecule has 1 saturated heterocycles. The highest BCUT2D eigenvalue weighted by molar-refractivity contribution is 5.73. The van der Waals surface area contributed by atoms with E-state index in [4.69, 9.17) is 13.9 Å². The van der Waals surface area contributed by atoms with Gasteiger partial charge < -0.3 is 29.2 Å². The first-order valence-electron chi connectivity index (χ1n) is 9.71. The molecular formula is C22H24N2O6. The number of benzene rings is 2. The highest BCUT2D eigenvalue weighted by Crippen LogP contribution is 2.36. The molecule has 0 saturated carbocycles. The summed E-state index contributed by atoms with van der Waals surface area (Å²) in [6.45, 7) is 1.51. The van der Waals surface area contributed by atoms with Crippen LogP contribution in [0.25, 0.3) is 22.6 Å². The fraction of sp³-hybridized carbons (Fsp3) is 0.364. The van der Waals surface area contributed by atoms with Gasteiger partial charge in [-0.25, -0.2) is 0 Å².